The number of hydrogen-bond donors (Lipinski definition) is 1. The molecular formula is C27H25Cl2N3O2S. The minimum absolute atomic E-state index is 0.117. The molecule has 8 heteroatoms. The van der Waals surface area contributed by atoms with Crippen molar-refractivity contribution in [3.05, 3.63) is 100 Å². The van der Waals surface area contributed by atoms with Gasteiger partial charge < -0.3 is 5.32 Å². The summed E-state index contributed by atoms with van der Waals surface area (Å²) in [4.78, 5) is 32.4. The summed E-state index contributed by atoms with van der Waals surface area (Å²) in [7, 11) is 0. The molecule has 0 aromatic heterocycles. The zero-order chi connectivity index (χ0) is 24.6. The zero-order valence-corrected chi connectivity index (χ0v) is 21.3. The molecule has 1 unspecified atom stereocenters. The molecule has 0 bridgehead atoms. The van der Waals surface area contributed by atoms with E-state index >= 15 is 0 Å². The molecule has 180 valence electrons. The molecule has 0 spiro atoms. The largest absolute Gasteiger partial charge is 0.355 e. The number of nitrogens with zero attached hydrogens (tertiary/aromatic N) is 2. The van der Waals surface area contributed by atoms with E-state index in [1.807, 2.05) is 60.7 Å². The van der Waals surface area contributed by atoms with Crippen LogP contribution in [0, 0.1) is 0 Å². The van der Waals surface area contributed by atoms with E-state index in [1.165, 1.54) is 11.8 Å². The van der Waals surface area contributed by atoms with Gasteiger partial charge in [-0.25, -0.2) is 4.99 Å². The van der Waals surface area contributed by atoms with Crippen LogP contribution in [0.5, 0.6) is 0 Å². The first kappa shape index (κ1) is 25.3. The Bertz CT molecular complexity index is 1190. The predicted octanol–water partition coefficient (Wildman–Crippen LogP) is 5.92. The molecule has 1 N–H and O–H groups in total. The molecule has 3 aromatic rings. The molecule has 0 aliphatic carbocycles. The molecular weight excluding hydrogens is 501 g/mol. The topological polar surface area (TPSA) is 61.8 Å². The van der Waals surface area contributed by atoms with Crippen molar-refractivity contribution in [1.29, 1.82) is 0 Å². The first-order chi connectivity index (χ1) is 17.0. The summed E-state index contributed by atoms with van der Waals surface area (Å²) in [5.74, 6) is -0.298. The molecule has 35 heavy (non-hydrogen) atoms. The van der Waals surface area contributed by atoms with Crippen molar-refractivity contribution in [1.82, 2.24) is 10.2 Å². The lowest BCUT2D eigenvalue weighted by molar-refractivity contribution is -0.130. The van der Waals surface area contributed by atoms with E-state index in [1.54, 1.807) is 23.1 Å². The van der Waals surface area contributed by atoms with Crippen molar-refractivity contribution in [2.45, 2.75) is 24.5 Å². The fourth-order valence-electron chi connectivity index (χ4n) is 3.75. The molecule has 1 fully saturated rings. The van der Waals surface area contributed by atoms with Crippen LogP contribution in [0.2, 0.25) is 10.0 Å². The normalized spacial score (nSPS) is 17.0. The molecule has 1 aliphatic rings. The number of amidine groups is 1. The zero-order valence-electron chi connectivity index (χ0n) is 19.0. The van der Waals surface area contributed by atoms with E-state index in [9.17, 15) is 9.59 Å². The minimum Gasteiger partial charge on any atom is -0.355 e. The maximum atomic E-state index is 13.2. The monoisotopic (exact) mass is 525 g/mol. The molecule has 1 atom stereocenters. The van der Waals surface area contributed by atoms with Crippen LogP contribution < -0.4 is 5.32 Å². The Kier molecular flexibility index (Phi) is 8.85. The number of carbonyl (C=O) groups is 2. The van der Waals surface area contributed by atoms with Crippen LogP contribution in [-0.2, 0) is 22.4 Å². The first-order valence-corrected chi connectivity index (χ1v) is 13.0. The van der Waals surface area contributed by atoms with Gasteiger partial charge in [-0.1, -0.05) is 95.6 Å². The van der Waals surface area contributed by atoms with E-state index in [2.05, 4.69) is 10.3 Å². The third-order valence-electron chi connectivity index (χ3n) is 5.53. The third-order valence-corrected chi connectivity index (χ3v) is 7.15. The SMILES string of the molecule is O=C(NCCc1ccccc1)C1CC(=O)N(CCc2ccccc2)C(=Nc2cc(Cl)cc(Cl)c2)S1. The van der Waals surface area contributed by atoms with E-state index in [-0.39, 0.29) is 18.2 Å². The summed E-state index contributed by atoms with van der Waals surface area (Å²) in [5, 5.41) is 3.79. The van der Waals surface area contributed by atoms with Gasteiger partial charge in [0.1, 0.15) is 0 Å². The average Bonchev–Trinajstić information content (AvgIpc) is 2.84. The minimum atomic E-state index is -0.556. The van der Waals surface area contributed by atoms with Gasteiger partial charge in [0.15, 0.2) is 5.17 Å². The van der Waals surface area contributed by atoms with Crippen LogP contribution in [-0.4, -0.2) is 40.2 Å². The lowest BCUT2D eigenvalue weighted by atomic mass is 10.1. The van der Waals surface area contributed by atoms with Gasteiger partial charge >= 0.3 is 0 Å². The average molecular weight is 526 g/mol. The summed E-state index contributed by atoms with van der Waals surface area (Å²) in [5.41, 5.74) is 2.80. The molecule has 1 heterocycles. The maximum absolute atomic E-state index is 13.2. The van der Waals surface area contributed by atoms with Gasteiger partial charge in [0.05, 0.1) is 10.9 Å². The third kappa shape index (κ3) is 7.34. The van der Waals surface area contributed by atoms with E-state index in [0.29, 0.717) is 40.4 Å². The van der Waals surface area contributed by atoms with Crippen LogP contribution in [0.1, 0.15) is 17.5 Å². The van der Waals surface area contributed by atoms with Gasteiger partial charge in [-0.05, 0) is 42.2 Å². The second-order valence-electron chi connectivity index (χ2n) is 8.14. The van der Waals surface area contributed by atoms with Crippen LogP contribution in [0.3, 0.4) is 0 Å². The van der Waals surface area contributed by atoms with Crippen LogP contribution >= 0.6 is 35.0 Å². The van der Waals surface area contributed by atoms with Gasteiger partial charge in [-0.3, -0.25) is 14.5 Å². The van der Waals surface area contributed by atoms with Crippen LogP contribution in [0.4, 0.5) is 5.69 Å². The van der Waals surface area contributed by atoms with Crippen molar-refractivity contribution in [2.24, 2.45) is 4.99 Å². The van der Waals surface area contributed by atoms with E-state index in [0.717, 1.165) is 17.5 Å². The molecule has 0 radical (unpaired) electrons. The molecule has 3 aromatic carbocycles. The van der Waals surface area contributed by atoms with E-state index < -0.39 is 5.25 Å². The summed E-state index contributed by atoms with van der Waals surface area (Å²) in [6.45, 7) is 0.966. The Balaban J connectivity index is 1.49. The van der Waals surface area contributed by atoms with Crippen LogP contribution in [0.15, 0.2) is 83.9 Å². The maximum Gasteiger partial charge on any atom is 0.234 e. The Morgan fingerprint density at radius 1 is 0.943 bits per heavy atom. The number of carbonyl (C=O) groups excluding carboxylic acids is 2. The number of thioether (sulfide) groups is 1. The molecule has 2 amide bonds. The quantitative estimate of drug-likeness (QED) is 0.397. The van der Waals surface area contributed by atoms with Crippen molar-refractivity contribution in [3.8, 4) is 0 Å². The molecule has 0 saturated carbocycles. The number of hydrogen-bond acceptors (Lipinski definition) is 4. The van der Waals surface area contributed by atoms with Crippen LogP contribution in [0.25, 0.3) is 0 Å². The summed E-state index contributed by atoms with van der Waals surface area (Å²) in [6.07, 6.45) is 1.52. The second-order valence-corrected chi connectivity index (χ2v) is 10.2. The first-order valence-electron chi connectivity index (χ1n) is 11.4. The highest BCUT2D eigenvalue weighted by molar-refractivity contribution is 8.15. The highest BCUT2D eigenvalue weighted by atomic mass is 35.5. The fraction of sp³-hybridized carbons (Fsp3) is 0.222. The number of benzene rings is 3. The standard InChI is InChI=1S/C27H25Cl2N3O2S/c28-21-15-22(29)17-23(16-21)31-27-32(14-12-20-9-5-2-6-10-20)25(33)18-24(35-27)26(34)30-13-11-19-7-3-1-4-8-19/h1-10,15-17,24H,11-14,18H2,(H,30,34). The summed E-state index contributed by atoms with van der Waals surface area (Å²) < 4.78 is 0. The fourth-order valence-corrected chi connectivity index (χ4v) is 5.41. The number of rotatable bonds is 8. The molecule has 1 saturated heterocycles. The van der Waals surface area contributed by atoms with Gasteiger partial charge in [0.25, 0.3) is 0 Å². The highest BCUT2D eigenvalue weighted by Crippen LogP contribution is 2.31. The highest BCUT2D eigenvalue weighted by Gasteiger charge is 2.35. The van der Waals surface area contributed by atoms with Gasteiger partial charge in [-0.15, -0.1) is 0 Å². The van der Waals surface area contributed by atoms with Crippen molar-refractivity contribution >= 4 is 57.6 Å². The van der Waals surface area contributed by atoms with Crippen molar-refractivity contribution in [3.63, 3.8) is 0 Å². The Morgan fingerprint density at radius 3 is 2.17 bits per heavy atom. The Hall–Kier alpha value is -2.80. The van der Waals surface area contributed by atoms with E-state index in [4.69, 9.17) is 23.2 Å². The summed E-state index contributed by atoms with van der Waals surface area (Å²) >= 11 is 13.6. The number of amides is 2. The number of nitrogens with one attached hydrogen (secondary N) is 1. The van der Waals surface area contributed by atoms with Gasteiger partial charge in [0, 0.05) is 29.6 Å². The van der Waals surface area contributed by atoms with Crippen molar-refractivity contribution in [2.75, 3.05) is 13.1 Å². The molecule has 1 aliphatic heterocycles. The Morgan fingerprint density at radius 2 is 1.54 bits per heavy atom. The predicted molar refractivity (Wildman–Crippen MR) is 145 cm³/mol. The molecule has 4 rings (SSSR count). The summed E-state index contributed by atoms with van der Waals surface area (Å²) in [6, 6.07) is 24.9. The van der Waals surface area contributed by atoms with Crippen molar-refractivity contribution < 1.29 is 9.59 Å². The smallest absolute Gasteiger partial charge is 0.234 e. The number of halogens is 2. The molecule has 5 nitrogen and oxygen atoms in total. The lowest BCUT2D eigenvalue weighted by Gasteiger charge is -2.32. The van der Waals surface area contributed by atoms with Gasteiger partial charge in [0.2, 0.25) is 11.8 Å². The lowest BCUT2D eigenvalue weighted by Crippen LogP contribution is -2.47. The van der Waals surface area contributed by atoms with Gasteiger partial charge in [-0.2, -0.15) is 0 Å². The Labute approximate surface area is 219 Å². The number of aliphatic imine (C=N–C) groups is 1. The second kappa shape index (κ2) is 12.2.